The maximum absolute atomic E-state index is 13.0. The van der Waals surface area contributed by atoms with E-state index < -0.39 is 10.0 Å². The van der Waals surface area contributed by atoms with Crippen molar-refractivity contribution in [3.63, 3.8) is 0 Å². The van der Waals surface area contributed by atoms with E-state index >= 15 is 0 Å². The van der Waals surface area contributed by atoms with Crippen molar-refractivity contribution in [3.05, 3.63) is 41.2 Å². The maximum Gasteiger partial charge on any atom is 0.246 e. The number of nitrogens with one attached hydrogen (secondary N) is 1. The van der Waals surface area contributed by atoms with E-state index in [9.17, 15) is 8.42 Å². The Balaban J connectivity index is 1.87. The summed E-state index contributed by atoms with van der Waals surface area (Å²) in [6.07, 6.45) is 0. The van der Waals surface area contributed by atoms with Crippen LogP contribution in [0.25, 0.3) is 0 Å². The fourth-order valence-electron chi connectivity index (χ4n) is 3.16. The molecule has 1 aromatic heterocycles. The minimum Gasteiger partial charge on any atom is -0.378 e. The number of aryl methyl sites for hydroxylation is 2. The number of morpholine rings is 1. The number of ether oxygens (including phenoxy) is 1. The average molecular weight is 364 g/mol. The van der Waals surface area contributed by atoms with E-state index in [4.69, 9.17) is 4.74 Å². The van der Waals surface area contributed by atoms with Crippen molar-refractivity contribution in [2.75, 3.05) is 38.3 Å². The second kappa shape index (κ2) is 7.15. The first kappa shape index (κ1) is 17.9. The number of para-hydroxylation sites is 1. The monoisotopic (exact) mass is 364 g/mol. The van der Waals surface area contributed by atoms with Crippen molar-refractivity contribution in [2.45, 2.75) is 25.3 Å². The first-order valence-corrected chi connectivity index (χ1v) is 9.74. The molecule has 0 radical (unpaired) electrons. The fourth-order valence-corrected chi connectivity index (χ4v) is 4.63. The van der Waals surface area contributed by atoms with Crippen molar-refractivity contribution in [1.82, 2.24) is 14.5 Å². The number of rotatable bonds is 5. The highest BCUT2D eigenvalue weighted by Crippen LogP contribution is 2.26. The molecule has 1 saturated heterocycles. The van der Waals surface area contributed by atoms with Gasteiger partial charge in [0.25, 0.3) is 0 Å². The van der Waals surface area contributed by atoms with E-state index in [1.165, 1.54) is 4.31 Å². The van der Waals surface area contributed by atoms with Crippen LogP contribution in [-0.2, 0) is 21.3 Å². The van der Waals surface area contributed by atoms with Crippen LogP contribution in [0.15, 0.2) is 29.2 Å². The Hall–Kier alpha value is -1.90. The summed E-state index contributed by atoms with van der Waals surface area (Å²) in [5.74, 6) is 0. The molecular weight excluding hydrogens is 340 g/mol. The molecule has 2 heterocycles. The number of aromatic amines is 1. The smallest absolute Gasteiger partial charge is 0.246 e. The summed E-state index contributed by atoms with van der Waals surface area (Å²) in [5, 5.41) is 6.76. The molecule has 0 spiro atoms. The molecule has 0 aliphatic carbocycles. The standard InChI is InChI=1S/C17H24N4O3S/c1-13-17(14(2)19-18-13)25(22,23)20(3)12-15-6-4-5-7-16(15)21-8-10-24-11-9-21/h4-7H,8-12H2,1-3H3,(H,18,19). The SMILES string of the molecule is Cc1n[nH]c(C)c1S(=O)(=O)N(C)Cc1ccccc1N1CCOCC1. The lowest BCUT2D eigenvalue weighted by Gasteiger charge is -2.31. The largest absolute Gasteiger partial charge is 0.378 e. The van der Waals surface area contributed by atoms with Crippen molar-refractivity contribution >= 4 is 15.7 Å². The van der Waals surface area contributed by atoms with Crippen LogP contribution in [0.4, 0.5) is 5.69 Å². The zero-order chi connectivity index (χ0) is 18.0. The second-order valence-electron chi connectivity index (χ2n) is 6.25. The van der Waals surface area contributed by atoms with Gasteiger partial charge in [-0.2, -0.15) is 9.40 Å². The Bertz CT molecular complexity index is 822. The van der Waals surface area contributed by atoms with Crippen LogP contribution in [0.3, 0.4) is 0 Å². The van der Waals surface area contributed by atoms with Crippen LogP contribution in [0, 0.1) is 13.8 Å². The molecule has 1 fully saturated rings. The number of sulfonamides is 1. The number of anilines is 1. The van der Waals surface area contributed by atoms with E-state index in [1.807, 2.05) is 24.3 Å². The quantitative estimate of drug-likeness (QED) is 0.873. The third kappa shape index (κ3) is 3.56. The lowest BCUT2D eigenvalue weighted by molar-refractivity contribution is 0.122. The number of benzene rings is 1. The summed E-state index contributed by atoms with van der Waals surface area (Å²) >= 11 is 0. The average Bonchev–Trinajstić information content (AvgIpc) is 2.95. The number of hydrogen-bond acceptors (Lipinski definition) is 5. The molecule has 0 amide bonds. The van der Waals surface area contributed by atoms with E-state index in [0.717, 1.165) is 24.3 Å². The molecule has 136 valence electrons. The predicted molar refractivity (Wildman–Crippen MR) is 96.2 cm³/mol. The third-order valence-electron chi connectivity index (χ3n) is 4.47. The first-order valence-electron chi connectivity index (χ1n) is 8.30. The lowest BCUT2D eigenvalue weighted by Crippen LogP contribution is -2.37. The third-order valence-corrected chi connectivity index (χ3v) is 6.53. The minimum absolute atomic E-state index is 0.263. The van der Waals surface area contributed by atoms with Crippen LogP contribution in [0.1, 0.15) is 17.0 Å². The molecule has 0 unspecified atom stereocenters. The molecular formula is C17H24N4O3S. The van der Waals surface area contributed by atoms with Crippen LogP contribution in [-0.4, -0.2) is 56.3 Å². The molecule has 2 aromatic rings. The molecule has 1 aromatic carbocycles. The van der Waals surface area contributed by atoms with Gasteiger partial charge in [0.15, 0.2) is 0 Å². The second-order valence-corrected chi connectivity index (χ2v) is 8.23. The molecule has 8 heteroatoms. The number of aromatic nitrogens is 2. The van der Waals surface area contributed by atoms with E-state index in [2.05, 4.69) is 15.1 Å². The summed E-state index contributed by atoms with van der Waals surface area (Å²) < 4.78 is 32.7. The molecule has 0 saturated carbocycles. The Morgan fingerprint density at radius 3 is 2.56 bits per heavy atom. The number of hydrogen-bond donors (Lipinski definition) is 1. The van der Waals surface area contributed by atoms with Crippen LogP contribution in [0.2, 0.25) is 0 Å². The summed E-state index contributed by atoms with van der Waals surface area (Å²) in [7, 11) is -2.00. The van der Waals surface area contributed by atoms with Crippen molar-refractivity contribution in [3.8, 4) is 0 Å². The highest BCUT2D eigenvalue weighted by molar-refractivity contribution is 7.89. The van der Waals surface area contributed by atoms with Gasteiger partial charge in [-0.3, -0.25) is 5.10 Å². The molecule has 7 nitrogen and oxygen atoms in total. The van der Waals surface area contributed by atoms with Gasteiger partial charge in [0.2, 0.25) is 10.0 Å². The number of nitrogens with zero attached hydrogens (tertiary/aromatic N) is 3. The fraction of sp³-hybridized carbons (Fsp3) is 0.471. The zero-order valence-corrected chi connectivity index (χ0v) is 15.6. The van der Waals surface area contributed by atoms with Crippen LogP contribution < -0.4 is 4.90 Å². The Labute approximate surface area is 148 Å². The molecule has 0 atom stereocenters. The number of H-pyrrole nitrogens is 1. The van der Waals surface area contributed by atoms with Gasteiger partial charge in [0, 0.05) is 32.4 Å². The normalized spacial score (nSPS) is 15.8. The summed E-state index contributed by atoms with van der Waals surface area (Å²) in [6, 6.07) is 7.93. The Morgan fingerprint density at radius 1 is 1.24 bits per heavy atom. The molecule has 1 aliphatic rings. The molecule has 0 bridgehead atoms. The van der Waals surface area contributed by atoms with E-state index in [-0.39, 0.29) is 4.90 Å². The van der Waals surface area contributed by atoms with Gasteiger partial charge in [-0.05, 0) is 25.5 Å². The van der Waals surface area contributed by atoms with Gasteiger partial charge in [0.1, 0.15) is 4.90 Å². The molecule has 25 heavy (non-hydrogen) atoms. The van der Waals surface area contributed by atoms with Gasteiger partial charge in [-0.1, -0.05) is 18.2 Å². The van der Waals surface area contributed by atoms with Gasteiger partial charge >= 0.3 is 0 Å². The minimum atomic E-state index is -3.61. The topological polar surface area (TPSA) is 78.5 Å². The molecule has 1 aliphatic heterocycles. The Kier molecular flexibility index (Phi) is 5.12. The maximum atomic E-state index is 13.0. The van der Waals surface area contributed by atoms with Crippen LogP contribution in [0.5, 0.6) is 0 Å². The summed E-state index contributed by atoms with van der Waals surface area (Å²) in [6.45, 7) is 6.74. The van der Waals surface area contributed by atoms with E-state index in [1.54, 1.807) is 20.9 Å². The van der Waals surface area contributed by atoms with Gasteiger partial charge < -0.3 is 9.64 Å². The van der Waals surface area contributed by atoms with E-state index in [0.29, 0.717) is 31.1 Å². The van der Waals surface area contributed by atoms with Gasteiger partial charge in [0.05, 0.1) is 24.6 Å². The highest BCUT2D eigenvalue weighted by Gasteiger charge is 2.28. The summed E-state index contributed by atoms with van der Waals surface area (Å²) in [4.78, 5) is 2.51. The van der Waals surface area contributed by atoms with Gasteiger partial charge in [-0.15, -0.1) is 0 Å². The van der Waals surface area contributed by atoms with Crippen molar-refractivity contribution in [1.29, 1.82) is 0 Å². The molecule has 3 rings (SSSR count). The van der Waals surface area contributed by atoms with Crippen molar-refractivity contribution < 1.29 is 13.2 Å². The predicted octanol–water partition coefficient (Wildman–Crippen LogP) is 1.68. The van der Waals surface area contributed by atoms with Gasteiger partial charge in [-0.25, -0.2) is 8.42 Å². The highest BCUT2D eigenvalue weighted by atomic mass is 32.2. The molecule has 1 N–H and O–H groups in total. The first-order chi connectivity index (χ1) is 11.9. The van der Waals surface area contributed by atoms with Crippen molar-refractivity contribution in [2.24, 2.45) is 0 Å². The Morgan fingerprint density at radius 2 is 1.92 bits per heavy atom. The lowest BCUT2D eigenvalue weighted by atomic mass is 10.1. The zero-order valence-electron chi connectivity index (χ0n) is 14.8. The summed E-state index contributed by atoms with van der Waals surface area (Å²) in [5.41, 5.74) is 3.10. The van der Waals surface area contributed by atoms with Crippen LogP contribution >= 0.6 is 0 Å².